The number of hydrogen-bond acceptors (Lipinski definition) is 2. The molecule has 20 heavy (non-hydrogen) atoms. The average Bonchev–Trinajstić information content (AvgIpc) is 2.84. The van der Waals surface area contributed by atoms with Crippen LogP contribution in [0.25, 0.3) is 0 Å². The summed E-state index contributed by atoms with van der Waals surface area (Å²) in [6, 6.07) is 10.6. The van der Waals surface area contributed by atoms with Gasteiger partial charge in [0.2, 0.25) is 0 Å². The Morgan fingerprint density at radius 3 is 2.50 bits per heavy atom. The monoisotopic (exact) mass is 285 g/mol. The van der Waals surface area contributed by atoms with E-state index in [1.54, 1.807) is 11.3 Å². The van der Waals surface area contributed by atoms with Gasteiger partial charge in [0.25, 0.3) is 0 Å². The number of thiazole rings is 1. The molecular weight excluding hydrogens is 262 g/mol. The highest BCUT2D eigenvalue weighted by Gasteiger charge is 2.16. The zero-order valence-corrected chi connectivity index (χ0v) is 13.5. The van der Waals surface area contributed by atoms with E-state index in [9.17, 15) is 0 Å². The van der Waals surface area contributed by atoms with Gasteiger partial charge >= 0.3 is 0 Å². The van der Waals surface area contributed by atoms with Crippen molar-refractivity contribution in [1.82, 2.24) is 4.98 Å². The van der Waals surface area contributed by atoms with Crippen molar-refractivity contribution < 1.29 is 0 Å². The molecule has 2 aromatic rings. The molecule has 1 aromatic carbocycles. The molecule has 2 heteroatoms. The molecule has 1 nitrogen and oxygen atoms in total. The standard InChI is InChI=1S/C18H23NS/c1-14(18(2,3)4)12-17-19-16(13-20-17)11-10-15-8-6-5-7-9-15/h5-9,13H,1,10-12H2,2-4H3. The van der Waals surface area contributed by atoms with Crippen LogP contribution in [0.2, 0.25) is 0 Å². The molecule has 0 fully saturated rings. The Kier molecular flexibility index (Phi) is 4.77. The van der Waals surface area contributed by atoms with Crippen molar-refractivity contribution in [3.8, 4) is 0 Å². The van der Waals surface area contributed by atoms with Crippen LogP contribution in [0.5, 0.6) is 0 Å². The Bertz CT molecular complexity index is 561. The van der Waals surface area contributed by atoms with Crippen LogP contribution < -0.4 is 0 Å². The molecule has 0 aliphatic carbocycles. The van der Waals surface area contributed by atoms with Gasteiger partial charge in [-0.3, -0.25) is 0 Å². The first kappa shape index (κ1) is 15.0. The van der Waals surface area contributed by atoms with Gasteiger partial charge in [0, 0.05) is 11.8 Å². The second-order valence-corrected chi connectivity index (χ2v) is 7.19. The van der Waals surface area contributed by atoms with E-state index in [4.69, 9.17) is 4.98 Å². The second kappa shape index (κ2) is 6.36. The van der Waals surface area contributed by atoms with E-state index < -0.39 is 0 Å². The van der Waals surface area contributed by atoms with Crippen molar-refractivity contribution in [2.24, 2.45) is 5.41 Å². The summed E-state index contributed by atoms with van der Waals surface area (Å²) < 4.78 is 0. The van der Waals surface area contributed by atoms with Crippen molar-refractivity contribution in [3.63, 3.8) is 0 Å². The summed E-state index contributed by atoms with van der Waals surface area (Å²) in [5, 5.41) is 3.38. The molecule has 2 rings (SSSR count). The predicted molar refractivity (Wildman–Crippen MR) is 88.3 cm³/mol. The third-order valence-electron chi connectivity index (χ3n) is 3.54. The summed E-state index contributed by atoms with van der Waals surface area (Å²) in [7, 11) is 0. The number of aryl methyl sites for hydroxylation is 2. The smallest absolute Gasteiger partial charge is 0.0968 e. The van der Waals surface area contributed by atoms with Crippen molar-refractivity contribution in [1.29, 1.82) is 0 Å². The Morgan fingerprint density at radius 1 is 1.15 bits per heavy atom. The number of rotatable bonds is 5. The van der Waals surface area contributed by atoms with Gasteiger partial charge in [-0.1, -0.05) is 63.3 Å². The zero-order valence-electron chi connectivity index (χ0n) is 12.6. The maximum Gasteiger partial charge on any atom is 0.0968 e. The topological polar surface area (TPSA) is 12.9 Å². The van der Waals surface area contributed by atoms with E-state index in [1.807, 2.05) is 0 Å². The molecule has 0 aliphatic heterocycles. The lowest BCUT2D eigenvalue weighted by Gasteiger charge is -2.20. The van der Waals surface area contributed by atoms with Gasteiger partial charge in [0.1, 0.15) is 0 Å². The molecule has 0 amide bonds. The molecule has 0 atom stereocenters. The van der Waals surface area contributed by atoms with Crippen LogP contribution in [0.1, 0.15) is 37.0 Å². The third-order valence-corrected chi connectivity index (χ3v) is 4.43. The molecule has 1 heterocycles. The predicted octanol–water partition coefficient (Wildman–Crippen LogP) is 5.07. The van der Waals surface area contributed by atoms with Crippen LogP contribution in [0.3, 0.4) is 0 Å². The summed E-state index contributed by atoms with van der Waals surface area (Å²) in [6.07, 6.45) is 2.98. The van der Waals surface area contributed by atoms with Gasteiger partial charge in [-0.15, -0.1) is 11.3 Å². The van der Waals surface area contributed by atoms with Crippen molar-refractivity contribution >= 4 is 11.3 Å². The Balaban J connectivity index is 1.91. The minimum Gasteiger partial charge on any atom is -0.246 e. The first-order valence-electron chi connectivity index (χ1n) is 7.10. The molecule has 0 aliphatic rings. The van der Waals surface area contributed by atoms with Crippen LogP contribution in [-0.2, 0) is 19.3 Å². The van der Waals surface area contributed by atoms with Crippen molar-refractivity contribution in [2.75, 3.05) is 0 Å². The van der Waals surface area contributed by atoms with Crippen molar-refractivity contribution in [3.05, 3.63) is 64.1 Å². The molecular formula is C18H23NS. The Labute approximate surface area is 126 Å². The minimum absolute atomic E-state index is 0.163. The van der Waals surface area contributed by atoms with Gasteiger partial charge in [-0.25, -0.2) is 4.98 Å². The molecule has 0 spiro atoms. The van der Waals surface area contributed by atoms with E-state index in [0.29, 0.717) is 0 Å². The van der Waals surface area contributed by atoms with Crippen LogP contribution in [0, 0.1) is 5.41 Å². The Hall–Kier alpha value is -1.41. The van der Waals surface area contributed by atoms with Crippen LogP contribution >= 0.6 is 11.3 Å². The molecule has 0 N–H and O–H groups in total. The minimum atomic E-state index is 0.163. The maximum absolute atomic E-state index is 4.74. The molecule has 0 saturated carbocycles. The van der Waals surface area contributed by atoms with Gasteiger partial charge in [-0.2, -0.15) is 0 Å². The van der Waals surface area contributed by atoms with Gasteiger partial charge in [0.15, 0.2) is 0 Å². The van der Waals surface area contributed by atoms with Crippen LogP contribution in [0.4, 0.5) is 0 Å². The first-order valence-corrected chi connectivity index (χ1v) is 7.98. The normalized spacial score (nSPS) is 11.6. The zero-order chi connectivity index (χ0) is 14.6. The maximum atomic E-state index is 4.74. The highest BCUT2D eigenvalue weighted by atomic mass is 32.1. The fourth-order valence-electron chi connectivity index (χ4n) is 1.91. The summed E-state index contributed by atoms with van der Waals surface area (Å²) in [5.41, 5.74) is 3.99. The van der Waals surface area contributed by atoms with Gasteiger partial charge in [0.05, 0.1) is 10.7 Å². The molecule has 0 bridgehead atoms. The lowest BCUT2D eigenvalue weighted by molar-refractivity contribution is 0.493. The third kappa shape index (κ3) is 4.31. The van der Waals surface area contributed by atoms with E-state index in [2.05, 4.69) is 63.1 Å². The lowest BCUT2D eigenvalue weighted by Crippen LogP contribution is -2.10. The molecule has 106 valence electrons. The summed E-state index contributed by atoms with van der Waals surface area (Å²) >= 11 is 1.76. The average molecular weight is 285 g/mol. The summed E-state index contributed by atoms with van der Waals surface area (Å²) in [4.78, 5) is 4.74. The lowest BCUT2D eigenvalue weighted by atomic mass is 9.86. The van der Waals surface area contributed by atoms with Crippen LogP contribution in [0.15, 0.2) is 47.9 Å². The SMILES string of the molecule is C=C(Cc1nc(CCc2ccccc2)cs1)C(C)(C)C. The highest BCUT2D eigenvalue weighted by molar-refractivity contribution is 7.09. The number of hydrogen-bond donors (Lipinski definition) is 0. The molecule has 0 unspecified atom stereocenters. The molecule has 0 saturated heterocycles. The van der Waals surface area contributed by atoms with Gasteiger partial charge < -0.3 is 0 Å². The number of aromatic nitrogens is 1. The molecule has 0 radical (unpaired) electrons. The van der Waals surface area contributed by atoms with E-state index in [1.165, 1.54) is 21.8 Å². The van der Waals surface area contributed by atoms with E-state index in [-0.39, 0.29) is 5.41 Å². The molecule has 1 aromatic heterocycles. The fraction of sp³-hybridized carbons (Fsp3) is 0.389. The second-order valence-electron chi connectivity index (χ2n) is 6.25. The first-order chi connectivity index (χ1) is 9.45. The van der Waals surface area contributed by atoms with Gasteiger partial charge in [-0.05, 0) is 23.8 Å². The van der Waals surface area contributed by atoms with E-state index in [0.717, 1.165) is 19.3 Å². The highest BCUT2D eigenvalue weighted by Crippen LogP contribution is 2.27. The fourth-order valence-corrected chi connectivity index (χ4v) is 2.78. The number of benzene rings is 1. The van der Waals surface area contributed by atoms with Crippen molar-refractivity contribution in [2.45, 2.75) is 40.0 Å². The number of allylic oxidation sites excluding steroid dienone is 1. The largest absolute Gasteiger partial charge is 0.246 e. The van der Waals surface area contributed by atoms with Crippen LogP contribution in [-0.4, -0.2) is 4.98 Å². The summed E-state index contributed by atoms with van der Waals surface area (Å²) in [6.45, 7) is 10.8. The Morgan fingerprint density at radius 2 is 1.85 bits per heavy atom. The van der Waals surface area contributed by atoms with E-state index >= 15 is 0 Å². The summed E-state index contributed by atoms with van der Waals surface area (Å²) in [5.74, 6) is 0. The number of nitrogens with zero attached hydrogens (tertiary/aromatic N) is 1. The quantitative estimate of drug-likeness (QED) is 0.699.